The van der Waals surface area contributed by atoms with Gasteiger partial charge in [0.2, 0.25) is 7.59 Å². The predicted octanol–water partition coefficient (Wildman–Crippen LogP) is 6.12. The summed E-state index contributed by atoms with van der Waals surface area (Å²) in [6.07, 6.45) is 7.07. The number of aromatic nitrogens is 2. The molecule has 2 unspecified atom stereocenters. The molecule has 0 saturated heterocycles. The molecule has 2 nitrogen and oxygen atoms in total. The fraction of sp³-hybridized carbons (Fsp3) is 0.474. The van der Waals surface area contributed by atoms with Crippen molar-refractivity contribution in [1.29, 1.82) is 0 Å². The molecule has 0 spiro atoms. The van der Waals surface area contributed by atoms with Gasteiger partial charge in [0.05, 0.1) is 11.4 Å². The first-order valence-electron chi connectivity index (χ1n) is 8.00. The second-order valence-corrected chi connectivity index (χ2v) is 12.6. The monoisotopic (exact) mass is 667 g/mol. The summed E-state index contributed by atoms with van der Waals surface area (Å²) in [5.41, 5.74) is 3.09. The Labute approximate surface area is 265 Å². The number of nitrogens with zero attached hydrogens (tertiary/aromatic N) is 2. The maximum Gasteiger partial charge on any atom is 1.00 e. The van der Waals surface area contributed by atoms with Crippen molar-refractivity contribution < 1.29 is 29.6 Å². The molecule has 2 heterocycles. The van der Waals surface area contributed by atoms with Gasteiger partial charge in [-0.1, -0.05) is 105 Å². The zero-order valence-corrected chi connectivity index (χ0v) is 27.3. The zero-order chi connectivity index (χ0) is 22.8. The van der Waals surface area contributed by atoms with Crippen LogP contribution in [0.5, 0.6) is 0 Å². The Kier molecular flexibility index (Phi) is 26.3. The maximum atomic E-state index is 5.69. The van der Waals surface area contributed by atoms with Crippen molar-refractivity contribution in [3.8, 4) is 0 Å². The van der Waals surface area contributed by atoms with E-state index in [1.807, 2.05) is 25.3 Å². The summed E-state index contributed by atoms with van der Waals surface area (Å²) in [5.74, 6) is 0. The van der Waals surface area contributed by atoms with Gasteiger partial charge in [-0.05, 0) is 43.4 Å². The van der Waals surface area contributed by atoms with Crippen LogP contribution in [-0.4, -0.2) is 30.9 Å². The molecule has 0 N–H and O–H groups in total. The van der Waals surface area contributed by atoms with Gasteiger partial charge in [-0.25, -0.2) is 0 Å². The SMILES string of the molecule is C.CC(Br)c1ccc(C(Cl)(Cl)Cl)nc1.CSC(C)c1ccc(C(Cl)(Cl)Cl)nc1.C[S-].[B].[Na+]. The van der Waals surface area contributed by atoms with Crippen molar-refractivity contribution in [2.24, 2.45) is 0 Å². The first-order chi connectivity index (χ1) is 13.4. The van der Waals surface area contributed by atoms with Crippen molar-refractivity contribution in [3.63, 3.8) is 0 Å². The number of hydrogen-bond donors (Lipinski definition) is 0. The van der Waals surface area contributed by atoms with E-state index in [0.29, 0.717) is 16.6 Å². The molecule has 0 amide bonds. The number of hydrogen-bond acceptors (Lipinski definition) is 4. The van der Waals surface area contributed by atoms with Crippen LogP contribution in [0.25, 0.3) is 0 Å². The summed E-state index contributed by atoms with van der Waals surface area (Å²) in [5, 5.41) is 0.409. The Morgan fingerprint density at radius 1 is 0.844 bits per heavy atom. The Bertz CT molecular complexity index is 718. The van der Waals surface area contributed by atoms with Gasteiger partial charge in [0.15, 0.2) is 0 Å². The van der Waals surface area contributed by atoms with Gasteiger partial charge in [-0.15, -0.1) is 0 Å². The summed E-state index contributed by atoms with van der Waals surface area (Å²) < 4.78 is -2.87. The maximum absolute atomic E-state index is 5.69. The van der Waals surface area contributed by atoms with E-state index in [2.05, 4.69) is 45.5 Å². The van der Waals surface area contributed by atoms with Gasteiger partial charge in [-0.3, -0.25) is 9.97 Å². The fourth-order valence-electron chi connectivity index (χ4n) is 1.76. The number of halogens is 7. The largest absolute Gasteiger partial charge is 1.00 e. The molecule has 3 radical (unpaired) electrons. The average molecular weight is 671 g/mol. The number of alkyl halides is 7. The molecule has 0 fully saturated rings. The quantitative estimate of drug-likeness (QED) is 0.224. The van der Waals surface area contributed by atoms with Crippen LogP contribution in [0.1, 0.15) is 53.9 Å². The molecular formula is C19H24BBrCl6N2NaS2. The molecule has 0 aliphatic carbocycles. The Balaban J connectivity index is -0.000000209. The van der Waals surface area contributed by atoms with Gasteiger partial charge >= 0.3 is 29.6 Å². The standard InChI is InChI=1S/C9H10Cl3NS.C8H7BrCl3N.CH4S.CH4.B.Na/c1-6(14-2)7-3-4-8(13-5-7)9(10,11)12;1-5(9)6-2-3-7(13-4-6)8(10,11)12;1-2;;;/h3-6H,1-2H3;2-5H,1H3;2H,1H3;1H4;;/q;;;;;+1/p-1. The normalized spacial score (nSPS) is 12.1. The Hall–Kier alpha value is 2.28. The molecule has 32 heavy (non-hydrogen) atoms. The van der Waals surface area contributed by atoms with Crippen molar-refractivity contribution in [3.05, 3.63) is 59.2 Å². The van der Waals surface area contributed by atoms with Crippen LogP contribution < -0.4 is 29.6 Å². The van der Waals surface area contributed by atoms with Crippen LogP contribution >= 0.6 is 97.3 Å². The van der Waals surface area contributed by atoms with Gasteiger partial charge in [0, 0.05) is 30.9 Å². The second-order valence-electron chi connectivity index (χ2n) is 5.44. The van der Waals surface area contributed by atoms with E-state index in [9.17, 15) is 0 Å². The summed E-state index contributed by atoms with van der Waals surface area (Å²) >= 11 is 43.3. The van der Waals surface area contributed by atoms with Crippen molar-refractivity contribution in [2.45, 2.75) is 38.9 Å². The van der Waals surface area contributed by atoms with Gasteiger partial charge < -0.3 is 12.6 Å². The first-order valence-corrected chi connectivity index (χ1v) is 13.3. The number of rotatable bonds is 3. The van der Waals surface area contributed by atoms with Crippen LogP contribution in [0.3, 0.4) is 0 Å². The first kappa shape index (κ1) is 41.4. The molecule has 2 atom stereocenters. The molecule has 175 valence electrons. The molecular weight excluding hydrogens is 647 g/mol. The van der Waals surface area contributed by atoms with Crippen molar-refractivity contribution >= 4 is 118 Å². The van der Waals surface area contributed by atoms with Gasteiger partial charge in [0.25, 0.3) is 0 Å². The number of thioether (sulfide) groups is 1. The topological polar surface area (TPSA) is 25.8 Å². The molecule has 2 aromatic rings. The molecule has 2 rings (SSSR count). The molecule has 0 saturated carbocycles. The molecule has 2 aromatic heterocycles. The average Bonchev–Trinajstić information content (AvgIpc) is 2.68. The summed E-state index contributed by atoms with van der Waals surface area (Å²) in [7, 11) is 0. The van der Waals surface area contributed by atoms with Crippen LogP contribution in [0.4, 0.5) is 0 Å². The molecule has 0 aliphatic rings. The van der Waals surface area contributed by atoms with Crippen LogP contribution in [0.2, 0.25) is 0 Å². The summed E-state index contributed by atoms with van der Waals surface area (Å²) in [6.45, 7) is 4.11. The third kappa shape index (κ3) is 16.1. The van der Waals surface area contributed by atoms with E-state index in [4.69, 9.17) is 69.6 Å². The van der Waals surface area contributed by atoms with E-state index >= 15 is 0 Å². The predicted molar refractivity (Wildman–Crippen MR) is 152 cm³/mol. The molecule has 0 aromatic carbocycles. The van der Waals surface area contributed by atoms with E-state index in [0.717, 1.165) is 11.1 Å². The smallest absolute Gasteiger partial charge is 0.796 e. The van der Waals surface area contributed by atoms with E-state index in [1.54, 1.807) is 42.5 Å². The molecule has 0 aliphatic heterocycles. The minimum Gasteiger partial charge on any atom is -0.796 e. The van der Waals surface area contributed by atoms with E-state index in [-0.39, 0.29) is 50.2 Å². The minimum atomic E-state index is -1.44. The molecule has 0 bridgehead atoms. The Morgan fingerprint density at radius 2 is 1.19 bits per heavy atom. The van der Waals surface area contributed by atoms with Crippen LogP contribution in [0.15, 0.2) is 36.7 Å². The second kappa shape index (κ2) is 20.4. The summed E-state index contributed by atoms with van der Waals surface area (Å²) in [6, 6.07) is 7.27. The van der Waals surface area contributed by atoms with E-state index in [1.165, 1.54) is 0 Å². The third-order valence-electron chi connectivity index (χ3n) is 3.44. The molecule has 13 heteroatoms. The fourth-order valence-corrected chi connectivity index (χ4v) is 3.11. The Morgan fingerprint density at radius 3 is 1.41 bits per heavy atom. The number of pyridine rings is 2. The van der Waals surface area contributed by atoms with Crippen LogP contribution in [-0.2, 0) is 20.2 Å². The van der Waals surface area contributed by atoms with Crippen LogP contribution in [0, 0.1) is 0 Å². The zero-order valence-electron chi connectivity index (χ0n) is 17.6. The van der Waals surface area contributed by atoms with Gasteiger partial charge in [0.1, 0.15) is 0 Å². The van der Waals surface area contributed by atoms with Crippen molar-refractivity contribution in [2.75, 3.05) is 12.5 Å². The third-order valence-corrected chi connectivity index (χ3v) is 6.11. The van der Waals surface area contributed by atoms with Gasteiger partial charge in [-0.2, -0.15) is 18.0 Å². The minimum absolute atomic E-state index is 0. The van der Waals surface area contributed by atoms with E-state index < -0.39 is 7.59 Å². The van der Waals surface area contributed by atoms with Crippen molar-refractivity contribution in [1.82, 2.24) is 9.97 Å². The summed E-state index contributed by atoms with van der Waals surface area (Å²) in [4.78, 5) is 8.41.